The van der Waals surface area contributed by atoms with Crippen LogP contribution in [-0.4, -0.2) is 15.8 Å². The van der Waals surface area contributed by atoms with E-state index in [1.807, 2.05) is 19.1 Å². The van der Waals surface area contributed by atoms with Crippen molar-refractivity contribution in [3.63, 3.8) is 0 Å². The summed E-state index contributed by atoms with van der Waals surface area (Å²) in [4.78, 5) is 21.2. The Balaban J connectivity index is 2.22. The number of ketones is 1. The van der Waals surface area contributed by atoms with Crippen LogP contribution in [-0.2, 0) is 11.2 Å². The van der Waals surface area contributed by atoms with Crippen molar-refractivity contribution in [3.8, 4) is 6.07 Å². The topological polar surface area (TPSA) is 92.7 Å². The van der Waals surface area contributed by atoms with E-state index in [1.54, 1.807) is 18.2 Å². The van der Waals surface area contributed by atoms with E-state index in [4.69, 9.17) is 5.73 Å². The van der Waals surface area contributed by atoms with Crippen LogP contribution in [0.3, 0.4) is 0 Å². The molecule has 1 heterocycles. The molecule has 0 aliphatic heterocycles. The predicted molar refractivity (Wildman–Crippen MR) is 97.2 cm³/mol. The van der Waals surface area contributed by atoms with E-state index in [9.17, 15) is 10.1 Å². The highest BCUT2D eigenvalue weighted by Gasteiger charge is 2.41. The van der Waals surface area contributed by atoms with Gasteiger partial charge in [0.1, 0.15) is 6.07 Å². The molecule has 0 spiro atoms. The van der Waals surface area contributed by atoms with Crippen LogP contribution in [0.15, 0.2) is 43.0 Å². The molecule has 5 heteroatoms. The Morgan fingerprint density at radius 2 is 2.20 bits per heavy atom. The Kier molecular flexibility index (Phi) is 4.37. The molecule has 0 aromatic carbocycles. The molecule has 0 saturated carbocycles. The van der Waals surface area contributed by atoms with Crippen LogP contribution in [0.2, 0.25) is 0 Å². The average molecular weight is 332 g/mol. The van der Waals surface area contributed by atoms with Gasteiger partial charge in [0, 0.05) is 17.4 Å². The van der Waals surface area contributed by atoms with Gasteiger partial charge in [-0.05, 0) is 24.3 Å². The first-order valence-electron chi connectivity index (χ1n) is 8.29. The Morgan fingerprint density at radius 3 is 2.84 bits per heavy atom. The van der Waals surface area contributed by atoms with E-state index in [0.717, 1.165) is 35.4 Å². The number of allylic oxidation sites excluding steroid dienone is 6. The number of hydrogen-bond acceptors (Lipinski definition) is 5. The highest BCUT2D eigenvalue weighted by Crippen LogP contribution is 2.46. The van der Waals surface area contributed by atoms with E-state index in [1.165, 1.54) is 0 Å². The van der Waals surface area contributed by atoms with Gasteiger partial charge in [0.15, 0.2) is 5.78 Å². The Hall–Kier alpha value is -3.00. The van der Waals surface area contributed by atoms with Crippen LogP contribution in [0.4, 0.5) is 5.95 Å². The van der Waals surface area contributed by atoms with Crippen molar-refractivity contribution < 1.29 is 4.79 Å². The third-order valence-corrected chi connectivity index (χ3v) is 5.14. The van der Waals surface area contributed by atoms with Gasteiger partial charge in [-0.1, -0.05) is 44.4 Å². The number of nitrogens with two attached hydrogens (primary N) is 1. The zero-order chi connectivity index (χ0) is 18.1. The lowest BCUT2D eigenvalue weighted by atomic mass is 9.66. The van der Waals surface area contributed by atoms with Crippen LogP contribution in [0.1, 0.15) is 36.2 Å². The zero-order valence-electron chi connectivity index (χ0n) is 14.2. The monoisotopic (exact) mass is 332 g/mol. The van der Waals surface area contributed by atoms with Gasteiger partial charge in [0.25, 0.3) is 0 Å². The van der Waals surface area contributed by atoms with Crippen LogP contribution < -0.4 is 5.73 Å². The first-order chi connectivity index (χ1) is 12.0. The standard InChI is InChI=1S/C20H20N4O/c1-4-6-12(5-2)17-15-8-7-14-11(3)19(25)13(10-21)9-16(14)18(15)24-20(22)23-17/h4-6,9,11,14,16H,1-2,7-8H2,3H3,(H2,22,23,24)/b12-6+. The molecule has 2 N–H and O–H groups in total. The largest absolute Gasteiger partial charge is 0.368 e. The van der Waals surface area contributed by atoms with Gasteiger partial charge in [0.05, 0.1) is 17.0 Å². The molecule has 1 aromatic rings. The van der Waals surface area contributed by atoms with Crippen LogP contribution in [0.5, 0.6) is 0 Å². The molecule has 3 atom stereocenters. The van der Waals surface area contributed by atoms with Crippen LogP contribution in [0, 0.1) is 23.2 Å². The number of fused-ring (bicyclic) bond motifs is 3. The van der Waals surface area contributed by atoms with E-state index in [0.29, 0.717) is 0 Å². The van der Waals surface area contributed by atoms with Crippen molar-refractivity contribution in [2.24, 2.45) is 11.8 Å². The first-order valence-corrected chi connectivity index (χ1v) is 8.29. The Bertz CT molecular complexity index is 872. The Labute approximate surface area is 147 Å². The molecule has 2 aliphatic carbocycles. The van der Waals surface area contributed by atoms with E-state index >= 15 is 0 Å². The summed E-state index contributed by atoms with van der Waals surface area (Å²) in [6, 6.07) is 2.03. The molecule has 3 unspecified atom stereocenters. The number of carbonyl (C=O) groups excluding carboxylic acids is 1. The van der Waals surface area contributed by atoms with Gasteiger partial charge in [-0.25, -0.2) is 9.97 Å². The molecule has 5 nitrogen and oxygen atoms in total. The number of aromatic nitrogens is 2. The molecule has 25 heavy (non-hydrogen) atoms. The van der Waals surface area contributed by atoms with Gasteiger partial charge >= 0.3 is 0 Å². The minimum absolute atomic E-state index is 0.0761. The van der Waals surface area contributed by atoms with Gasteiger partial charge in [-0.3, -0.25) is 4.79 Å². The van der Waals surface area contributed by atoms with Crippen molar-refractivity contribution in [3.05, 3.63) is 60.0 Å². The summed E-state index contributed by atoms with van der Waals surface area (Å²) in [7, 11) is 0. The van der Waals surface area contributed by atoms with Crippen LogP contribution in [0.25, 0.3) is 5.57 Å². The fourth-order valence-corrected chi connectivity index (χ4v) is 3.90. The molecule has 126 valence electrons. The summed E-state index contributed by atoms with van der Waals surface area (Å²) < 4.78 is 0. The van der Waals surface area contributed by atoms with Crippen molar-refractivity contribution in [2.45, 2.75) is 25.7 Å². The molecule has 0 amide bonds. The third-order valence-electron chi connectivity index (χ3n) is 5.14. The number of rotatable bonds is 3. The van der Waals surface area contributed by atoms with Gasteiger partial charge in [-0.2, -0.15) is 5.26 Å². The third kappa shape index (κ3) is 2.70. The Morgan fingerprint density at radius 1 is 1.44 bits per heavy atom. The number of anilines is 1. The summed E-state index contributed by atoms with van der Waals surface area (Å²) in [6.45, 7) is 9.47. The number of nitriles is 1. The number of carbonyl (C=O) groups is 1. The quantitative estimate of drug-likeness (QED) is 0.858. The number of hydrogen-bond donors (Lipinski definition) is 1. The van der Waals surface area contributed by atoms with E-state index in [2.05, 4.69) is 23.1 Å². The smallest absolute Gasteiger partial charge is 0.220 e. The number of nitrogen functional groups attached to an aromatic ring is 1. The number of Topliss-reactive ketones (excluding diaryl/α,β-unsaturated/α-hetero) is 1. The molecule has 0 saturated heterocycles. The van der Waals surface area contributed by atoms with Crippen LogP contribution >= 0.6 is 0 Å². The highest BCUT2D eigenvalue weighted by molar-refractivity contribution is 6.01. The maximum Gasteiger partial charge on any atom is 0.220 e. The number of nitrogens with zero attached hydrogens (tertiary/aromatic N) is 3. The second kappa shape index (κ2) is 6.48. The van der Waals surface area contributed by atoms with Crippen molar-refractivity contribution in [2.75, 3.05) is 5.73 Å². The fourth-order valence-electron chi connectivity index (χ4n) is 3.90. The molecular formula is C20H20N4O. The molecular weight excluding hydrogens is 312 g/mol. The molecule has 0 fully saturated rings. The minimum Gasteiger partial charge on any atom is -0.368 e. The normalized spacial score (nSPS) is 25.3. The maximum absolute atomic E-state index is 12.3. The lowest BCUT2D eigenvalue weighted by Gasteiger charge is -2.37. The first kappa shape index (κ1) is 16.8. The second-order valence-corrected chi connectivity index (χ2v) is 6.43. The highest BCUT2D eigenvalue weighted by atomic mass is 16.1. The molecule has 0 radical (unpaired) electrons. The van der Waals surface area contributed by atoms with Gasteiger partial charge in [0.2, 0.25) is 5.95 Å². The zero-order valence-corrected chi connectivity index (χ0v) is 14.2. The lowest BCUT2D eigenvalue weighted by molar-refractivity contribution is -0.120. The second-order valence-electron chi connectivity index (χ2n) is 6.43. The molecule has 2 aliphatic rings. The molecule has 1 aromatic heterocycles. The summed E-state index contributed by atoms with van der Waals surface area (Å²) in [5.41, 5.74) is 9.60. The van der Waals surface area contributed by atoms with Gasteiger partial charge in [-0.15, -0.1) is 0 Å². The lowest BCUT2D eigenvalue weighted by Crippen LogP contribution is -2.35. The SMILES string of the molecule is C=C/C=C(\C=C)c1nc(N)nc2c1CCC1C(C)C(=O)C(C#N)=CC21. The van der Waals surface area contributed by atoms with E-state index in [-0.39, 0.29) is 35.1 Å². The summed E-state index contributed by atoms with van der Waals surface area (Å²) >= 11 is 0. The summed E-state index contributed by atoms with van der Waals surface area (Å²) in [5, 5.41) is 9.29. The van der Waals surface area contributed by atoms with Gasteiger partial charge < -0.3 is 5.73 Å². The summed E-state index contributed by atoms with van der Waals surface area (Å²) in [5.74, 6) is -0.0461. The predicted octanol–water partition coefficient (Wildman–Crippen LogP) is 3.13. The molecule has 0 bridgehead atoms. The van der Waals surface area contributed by atoms with E-state index < -0.39 is 0 Å². The average Bonchev–Trinajstić information content (AvgIpc) is 2.61. The van der Waals surface area contributed by atoms with Crippen molar-refractivity contribution in [1.29, 1.82) is 5.26 Å². The summed E-state index contributed by atoms with van der Waals surface area (Å²) in [6.07, 6.45) is 8.61. The van der Waals surface area contributed by atoms with Crippen molar-refractivity contribution >= 4 is 17.3 Å². The fraction of sp³-hybridized carbons (Fsp3) is 0.300. The van der Waals surface area contributed by atoms with Crippen molar-refractivity contribution in [1.82, 2.24) is 9.97 Å². The molecule has 3 rings (SSSR count). The minimum atomic E-state index is -0.194. The maximum atomic E-state index is 12.3.